The van der Waals surface area contributed by atoms with Crippen molar-refractivity contribution in [2.75, 3.05) is 0 Å². The van der Waals surface area contributed by atoms with Crippen LogP contribution in [-0.4, -0.2) is 45.4 Å². The van der Waals surface area contributed by atoms with Gasteiger partial charge in [0, 0.05) is 30.6 Å². The highest BCUT2D eigenvalue weighted by Gasteiger charge is 2.69. The molecule has 0 radical (unpaired) electrons. The maximum Gasteiger partial charge on any atom is 0.303 e. The van der Waals surface area contributed by atoms with Crippen LogP contribution in [0.5, 0.6) is 0 Å². The minimum Gasteiger partial charge on any atom is -0.451 e. The summed E-state index contributed by atoms with van der Waals surface area (Å²) in [5.74, 6) is 2.12. The lowest BCUT2D eigenvalue weighted by molar-refractivity contribution is -0.185. The molecule has 0 spiro atoms. The smallest absolute Gasteiger partial charge is 0.303 e. The van der Waals surface area contributed by atoms with E-state index >= 15 is 0 Å². The number of esters is 1. The van der Waals surface area contributed by atoms with Gasteiger partial charge in [0.1, 0.15) is 5.60 Å². The minimum atomic E-state index is -1.40. The second kappa shape index (κ2) is 12.7. The quantitative estimate of drug-likeness (QED) is 0.228. The van der Waals surface area contributed by atoms with E-state index in [1.807, 2.05) is 12.2 Å². The van der Waals surface area contributed by atoms with Gasteiger partial charge in [-0.15, -0.1) is 0 Å². The van der Waals surface area contributed by atoms with Gasteiger partial charge < -0.3 is 9.84 Å². The van der Waals surface area contributed by atoms with Gasteiger partial charge in [-0.2, -0.15) is 0 Å². The van der Waals surface area contributed by atoms with Crippen molar-refractivity contribution in [3.8, 4) is 0 Å². The van der Waals surface area contributed by atoms with Gasteiger partial charge in [-0.25, -0.2) is 0 Å². The van der Waals surface area contributed by atoms with Gasteiger partial charge in [0.2, 0.25) is 0 Å². The van der Waals surface area contributed by atoms with Crippen LogP contribution in [0, 0.1) is 57.2 Å². The Morgan fingerprint density at radius 1 is 0.685 bits per heavy atom. The molecule has 4 saturated carbocycles. The van der Waals surface area contributed by atoms with Crippen molar-refractivity contribution in [3.05, 3.63) is 58.7 Å². The fourth-order valence-electron chi connectivity index (χ4n) is 14.5. The number of carbonyl (C=O) groups is 5. The Balaban J connectivity index is 0.000000167. The zero-order valence-corrected chi connectivity index (χ0v) is 34.2. The Morgan fingerprint density at radius 3 is 1.61 bits per heavy atom. The molecule has 7 heteroatoms. The number of ether oxygens (including phenoxy) is 1. The van der Waals surface area contributed by atoms with Crippen molar-refractivity contribution >= 4 is 29.1 Å². The lowest BCUT2D eigenvalue weighted by atomic mass is 9.47. The van der Waals surface area contributed by atoms with Crippen LogP contribution in [-0.2, 0) is 28.7 Å². The number of hydrogen-bond acceptors (Lipinski definition) is 7. The first kappa shape index (κ1) is 39.1. The Kier molecular flexibility index (Phi) is 9.16. The van der Waals surface area contributed by atoms with Crippen LogP contribution in [0.3, 0.4) is 0 Å². The second-order valence-corrected chi connectivity index (χ2v) is 19.7. The van der Waals surface area contributed by atoms with E-state index in [9.17, 15) is 29.1 Å². The molecule has 8 aliphatic carbocycles. The van der Waals surface area contributed by atoms with E-state index in [2.05, 4.69) is 60.3 Å². The predicted octanol–water partition coefficient (Wildman–Crippen LogP) is 8.75. The summed E-state index contributed by atoms with van der Waals surface area (Å²) in [7, 11) is 0. The highest BCUT2D eigenvalue weighted by molar-refractivity contribution is 5.93. The van der Waals surface area contributed by atoms with Crippen LogP contribution < -0.4 is 0 Å². The van der Waals surface area contributed by atoms with Gasteiger partial charge >= 0.3 is 5.97 Å². The third-order valence-corrected chi connectivity index (χ3v) is 17.4. The third kappa shape index (κ3) is 5.11. The van der Waals surface area contributed by atoms with Crippen LogP contribution in [0.4, 0.5) is 0 Å². The molecule has 54 heavy (non-hydrogen) atoms. The summed E-state index contributed by atoms with van der Waals surface area (Å²) < 4.78 is 5.82. The standard InChI is InChI=1S/C24H32O4.C23H30O3/c1-14-12-18-19(22(4)9-6-17(27)13-21(14)22)7-10-23(5)20(18)8-11-24(23,15(2)25)28-16(3)26;1-13-10-17-18(21(4)8-6-16(25)12-19(13)21)7-9-22(5)20(17)11-14(2)23(22,26)15(3)24/h12-13,18-20H,6-11H2,1-5H3;10,12,17-18,20,26H,2,6-9,11H2,1,3-5H3/t18-,19+,20+,22-,23+,24+;17-,18+,20+,21-,22+,23+/m11/s1. The molecule has 0 saturated heterocycles. The molecule has 8 rings (SSSR count). The first-order valence-electron chi connectivity index (χ1n) is 20.6. The van der Waals surface area contributed by atoms with Crippen LogP contribution in [0.1, 0.15) is 133 Å². The van der Waals surface area contributed by atoms with Crippen molar-refractivity contribution < 1.29 is 33.8 Å². The molecular formula is C47H62O7. The molecule has 1 N–H and O–H groups in total. The molecule has 8 aliphatic rings. The number of aliphatic hydroxyl groups is 1. The second-order valence-electron chi connectivity index (χ2n) is 19.7. The maximum atomic E-state index is 12.8. The van der Waals surface area contributed by atoms with Gasteiger partial charge in [0.05, 0.1) is 0 Å². The van der Waals surface area contributed by atoms with E-state index < -0.39 is 16.6 Å². The van der Waals surface area contributed by atoms with E-state index in [0.717, 1.165) is 44.9 Å². The van der Waals surface area contributed by atoms with E-state index in [-0.39, 0.29) is 51.3 Å². The fourth-order valence-corrected chi connectivity index (χ4v) is 14.5. The first-order valence-corrected chi connectivity index (χ1v) is 20.6. The zero-order chi connectivity index (χ0) is 39.6. The van der Waals surface area contributed by atoms with E-state index in [0.29, 0.717) is 60.8 Å². The van der Waals surface area contributed by atoms with Gasteiger partial charge in [-0.3, -0.25) is 24.0 Å². The molecular weight excluding hydrogens is 677 g/mol. The number of fused-ring (bicyclic) bond motifs is 10. The van der Waals surface area contributed by atoms with Gasteiger partial charge in [-0.1, -0.05) is 57.6 Å². The average molecular weight is 739 g/mol. The number of hydrogen-bond donors (Lipinski definition) is 1. The van der Waals surface area contributed by atoms with Crippen molar-refractivity contribution in [2.45, 2.75) is 144 Å². The van der Waals surface area contributed by atoms with Gasteiger partial charge in [0.25, 0.3) is 0 Å². The average Bonchev–Trinajstić information content (AvgIpc) is 3.51. The Labute approximate surface area is 322 Å². The monoisotopic (exact) mass is 738 g/mol. The lowest BCUT2D eigenvalue weighted by Crippen LogP contribution is -2.58. The number of ketones is 4. The maximum absolute atomic E-state index is 12.8. The summed E-state index contributed by atoms with van der Waals surface area (Å²) in [4.78, 5) is 61.2. The minimum absolute atomic E-state index is 0.0160. The highest BCUT2D eigenvalue weighted by atomic mass is 16.6. The van der Waals surface area contributed by atoms with Crippen molar-refractivity contribution in [1.82, 2.24) is 0 Å². The van der Waals surface area contributed by atoms with Crippen LogP contribution >= 0.6 is 0 Å². The van der Waals surface area contributed by atoms with Gasteiger partial charge in [0.15, 0.2) is 28.7 Å². The number of allylic oxidation sites excluding steroid dienone is 8. The summed E-state index contributed by atoms with van der Waals surface area (Å²) in [5.41, 5.74) is 2.44. The topological polar surface area (TPSA) is 115 Å². The summed E-state index contributed by atoms with van der Waals surface area (Å²) in [6, 6.07) is 0. The molecule has 12 atom stereocenters. The Hall–Kier alpha value is -3.19. The third-order valence-electron chi connectivity index (χ3n) is 17.4. The Morgan fingerprint density at radius 2 is 1.15 bits per heavy atom. The molecule has 0 aromatic rings. The van der Waals surface area contributed by atoms with Crippen LogP contribution in [0.2, 0.25) is 0 Å². The predicted molar refractivity (Wildman–Crippen MR) is 208 cm³/mol. The molecule has 0 aromatic carbocycles. The molecule has 0 heterocycles. The number of carbonyl (C=O) groups excluding carboxylic acids is 5. The van der Waals surface area contributed by atoms with Crippen LogP contribution in [0.25, 0.3) is 0 Å². The molecule has 0 bridgehead atoms. The highest BCUT2D eigenvalue weighted by Crippen LogP contribution is 2.69. The van der Waals surface area contributed by atoms with Crippen molar-refractivity contribution in [2.24, 2.45) is 57.2 Å². The fraction of sp³-hybridized carbons (Fsp3) is 0.681. The molecule has 292 valence electrons. The van der Waals surface area contributed by atoms with Crippen molar-refractivity contribution in [1.29, 1.82) is 0 Å². The molecule has 7 nitrogen and oxygen atoms in total. The van der Waals surface area contributed by atoms with E-state index in [4.69, 9.17) is 4.74 Å². The van der Waals surface area contributed by atoms with E-state index in [1.54, 1.807) is 6.92 Å². The molecule has 0 aromatic heterocycles. The number of rotatable bonds is 3. The van der Waals surface area contributed by atoms with Crippen molar-refractivity contribution in [3.63, 3.8) is 0 Å². The lowest BCUT2D eigenvalue weighted by Gasteiger charge is -2.58. The molecule has 4 fully saturated rings. The molecule has 0 amide bonds. The summed E-state index contributed by atoms with van der Waals surface area (Å²) in [5, 5.41) is 11.4. The van der Waals surface area contributed by atoms with Crippen LogP contribution in [0.15, 0.2) is 58.7 Å². The Bertz CT molecular complexity index is 1880. The SMILES string of the molecule is C=C1C[C@H]2[C@@H]3C=C(C)C4=CC(=O)CC[C@]4(C)[C@H]3CC[C@]2(C)[C@@]1(O)C(C)=O.CC(=O)O[C@]1(C(C)=O)CC[C@H]2[C@@H]3C=C(C)C4=CC(=O)CC[C@]4(C)[C@H]3CC[C@@]21C. The first-order chi connectivity index (χ1) is 25.1. The summed E-state index contributed by atoms with van der Waals surface area (Å²) >= 11 is 0. The molecule has 0 unspecified atom stereocenters. The summed E-state index contributed by atoms with van der Waals surface area (Å²) in [6.07, 6.45) is 17.5. The van der Waals surface area contributed by atoms with Gasteiger partial charge in [-0.05, 0) is 161 Å². The normalized spacial score (nSPS) is 46.0. The number of Topliss-reactive ketones (excluding diaryl/α,β-unsaturated/α-hetero) is 2. The zero-order valence-electron chi connectivity index (χ0n) is 34.2. The van der Waals surface area contributed by atoms with E-state index in [1.165, 1.54) is 36.1 Å². The molecule has 0 aliphatic heterocycles. The summed E-state index contributed by atoms with van der Waals surface area (Å²) in [6.45, 7) is 21.8. The largest absolute Gasteiger partial charge is 0.451 e.